The van der Waals surface area contributed by atoms with Gasteiger partial charge in [-0.1, -0.05) is 37.6 Å². The maximum Gasteiger partial charge on any atom is 0.274 e. The van der Waals surface area contributed by atoms with E-state index in [1.165, 1.54) is 0 Å². The lowest BCUT2D eigenvalue weighted by Crippen LogP contribution is -2.29. The molecule has 8 heteroatoms. The quantitative estimate of drug-likeness (QED) is 0.459. The van der Waals surface area contributed by atoms with Crippen molar-refractivity contribution in [1.82, 2.24) is 29.8 Å². The molecule has 0 aliphatic carbocycles. The van der Waals surface area contributed by atoms with E-state index in [0.717, 1.165) is 35.3 Å². The van der Waals surface area contributed by atoms with Crippen LogP contribution in [0.15, 0.2) is 53.5 Å². The van der Waals surface area contributed by atoms with Gasteiger partial charge in [-0.2, -0.15) is 5.10 Å². The Morgan fingerprint density at radius 1 is 1.13 bits per heavy atom. The number of hydrogen-bond donors (Lipinski definition) is 2. The molecule has 2 N–H and O–H groups in total. The minimum Gasteiger partial charge on any atom is -0.340 e. The lowest BCUT2D eigenvalue weighted by molar-refractivity contribution is 0.0787. The van der Waals surface area contributed by atoms with Crippen LogP contribution in [0, 0.1) is 0 Å². The van der Waals surface area contributed by atoms with Gasteiger partial charge in [-0.05, 0) is 24.6 Å². The summed E-state index contributed by atoms with van der Waals surface area (Å²) in [6, 6.07) is 13.1. The van der Waals surface area contributed by atoms with E-state index in [4.69, 9.17) is 0 Å². The van der Waals surface area contributed by atoms with Gasteiger partial charge < -0.3 is 14.6 Å². The van der Waals surface area contributed by atoms with Crippen LogP contribution >= 0.6 is 0 Å². The highest BCUT2D eigenvalue weighted by Crippen LogP contribution is 2.16. The van der Waals surface area contributed by atoms with Crippen LogP contribution in [0.2, 0.25) is 0 Å². The minimum atomic E-state index is -0.205. The van der Waals surface area contributed by atoms with Gasteiger partial charge in [-0.25, -0.2) is 10.1 Å². The Hall–Kier alpha value is -3.52. The Morgan fingerprint density at radius 2 is 1.90 bits per heavy atom. The molecule has 0 fully saturated rings. The summed E-state index contributed by atoms with van der Waals surface area (Å²) in [4.78, 5) is 31.4. The molecule has 8 nitrogen and oxygen atoms in total. The second kappa shape index (κ2) is 9.09. The number of nitrogens with one attached hydrogen (secondary N) is 2. The summed E-state index contributed by atoms with van der Waals surface area (Å²) in [5, 5.41) is 11.6. The number of rotatable bonds is 8. The highest BCUT2D eigenvalue weighted by Gasteiger charge is 2.21. The zero-order valence-electron chi connectivity index (χ0n) is 17.8. The van der Waals surface area contributed by atoms with Crippen molar-refractivity contribution >= 4 is 22.3 Å². The van der Waals surface area contributed by atoms with Crippen LogP contribution in [0.1, 0.15) is 41.6 Å². The van der Waals surface area contributed by atoms with Gasteiger partial charge in [0.1, 0.15) is 5.65 Å². The fourth-order valence-electron chi connectivity index (χ4n) is 3.67. The van der Waals surface area contributed by atoms with Gasteiger partial charge in [0.25, 0.3) is 11.5 Å². The highest BCUT2D eigenvalue weighted by atomic mass is 16.2. The number of aromatic nitrogens is 4. The number of benzene rings is 1. The van der Waals surface area contributed by atoms with Crippen LogP contribution in [0.3, 0.4) is 0 Å². The van der Waals surface area contributed by atoms with Crippen LogP contribution < -0.4 is 10.9 Å². The molecule has 0 saturated carbocycles. The maximum atomic E-state index is 13.1. The van der Waals surface area contributed by atoms with E-state index in [1.807, 2.05) is 54.0 Å². The third-order valence-electron chi connectivity index (χ3n) is 5.39. The van der Waals surface area contributed by atoms with E-state index < -0.39 is 0 Å². The Kier molecular flexibility index (Phi) is 6.08. The smallest absolute Gasteiger partial charge is 0.274 e. The monoisotopic (exact) mass is 418 g/mol. The normalized spacial score (nSPS) is 11.3. The topological polar surface area (TPSA) is 95.4 Å². The second-order valence-electron chi connectivity index (χ2n) is 7.56. The molecule has 0 spiro atoms. The molecule has 1 amide bonds. The Balaban J connectivity index is 1.59. The fourth-order valence-corrected chi connectivity index (χ4v) is 3.67. The van der Waals surface area contributed by atoms with Gasteiger partial charge in [0, 0.05) is 38.3 Å². The molecule has 4 aromatic rings. The van der Waals surface area contributed by atoms with Crippen molar-refractivity contribution in [2.24, 2.45) is 0 Å². The number of imidazole rings is 1. The van der Waals surface area contributed by atoms with Crippen molar-refractivity contribution < 1.29 is 4.79 Å². The van der Waals surface area contributed by atoms with E-state index in [9.17, 15) is 9.59 Å². The number of unbranched alkanes of at least 4 members (excludes halogenated alkanes) is 1. The first-order chi connectivity index (χ1) is 15.1. The predicted molar refractivity (Wildman–Crippen MR) is 120 cm³/mol. The highest BCUT2D eigenvalue weighted by molar-refractivity contribution is 5.94. The van der Waals surface area contributed by atoms with Crippen molar-refractivity contribution in [1.29, 1.82) is 0 Å². The molecule has 0 saturated heterocycles. The molecule has 3 aromatic heterocycles. The first kappa shape index (κ1) is 20.7. The van der Waals surface area contributed by atoms with Crippen molar-refractivity contribution in [3.8, 4) is 0 Å². The Labute approximate surface area is 179 Å². The molecule has 0 aliphatic rings. The molecule has 4 rings (SSSR count). The second-order valence-corrected chi connectivity index (χ2v) is 7.56. The summed E-state index contributed by atoms with van der Waals surface area (Å²) in [6.07, 6.45) is 3.89. The van der Waals surface area contributed by atoms with E-state index >= 15 is 0 Å². The van der Waals surface area contributed by atoms with Crippen LogP contribution in [0.4, 0.5) is 0 Å². The minimum absolute atomic E-state index is 0.0819. The summed E-state index contributed by atoms with van der Waals surface area (Å²) in [6.45, 7) is 3.68. The summed E-state index contributed by atoms with van der Waals surface area (Å²) in [5.41, 5.74) is 2.54. The summed E-state index contributed by atoms with van der Waals surface area (Å²) in [5.74, 6) is -0.0819. The summed E-state index contributed by atoms with van der Waals surface area (Å²) in [7, 11) is 1.82. The third-order valence-corrected chi connectivity index (χ3v) is 5.39. The average molecular weight is 419 g/mol. The maximum absolute atomic E-state index is 13.1. The first-order valence-electron chi connectivity index (χ1n) is 10.5. The van der Waals surface area contributed by atoms with Gasteiger partial charge in [0.05, 0.1) is 16.8 Å². The lowest BCUT2D eigenvalue weighted by Gasteiger charge is -2.16. The molecule has 0 unspecified atom stereocenters. The van der Waals surface area contributed by atoms with Crippen LogP contribution in [0.25, 0.3) is 16.4 Å². The van der Waals surface area contributed by atoms with Gasteiger partial charge in [-0.3, -0.25) is 9.59 Å². The fraction of sp³-hybridized carbons (Fsp3) is 0.304. The molecule has 31 heavy (non-hydrogen) atoms. The van der Waals surface area contributed by atoms with Crippen molar-refractivity contribution in [2.75, 3.05) is 13.6 Å². The molecular formula is C23H26N6O2. The molecular weight excluding hydrogens is 392 g/mol. The van der Waals surface area contributed by atoms with E-state index in [1.54, 1.807) is 11.0 Å². The SMILES string of the molecule is CCCCN(C)C(=O)c1nc2ccccn2c1CNCc1n[nH]c(=O)c2ccccc12. The van der Waals surface area contributed by atoms with Gasteiger partial charge >= 0.3 is 0 Å². The molecule has 1 aromatic carbocycles. The van der Waals surface area contributed by atoms with E-state index in [2.05, 4.69) is 27.4 Å². The van der Waals surface area contributed by atoms with Crippen LogP contribution in [-0.4, -0.2) is 44.0 Å². The Morgan fingerprint density at radius 3 is 2.71 bits per heavy atom. The standard InChI is InChI=1S/C23H26N6O2/c1-3-4-12-28(2)23(31)21-19(29-13-8-7-11-20(29)25-21)15-24-14-18-16-9-5-6-10-17(16)22(30)27-26-18/h5-11,13,24H,3-4,12,14-15H2,1-2H3,(H,27,30). The van der Waals surface area contributed by atoms with Crippen molar-refractivity contribution in [3.05, 3.63) is 76.1 Å². The zero-order valence-corrected chi connectivity index (χ0v) is 17.8. The first-order valence-corrected chi connectivity index (χ1v) is 10.5. The number of hydrogen-bond acceptors (Lipinski definition) is 5. The van der Waals surface area contributed by atoms with Gasteiger partial charge in [0.15, 0.2) is 5.69 Å². The zero-order chi connectivity index (χ0) is 21.8. The average Bonchev–Trinajstić information content (AvgIpc) is 3.17. The number of aromatic amines is 1. The number of carbonyl (C=O) groups is 1. The van der Waals surface area contributed by atoms with Crippen LogP contribution in [0.5, 0.6) is 0 Å². The largest absolute Gasteiger partial charge is 0.340 e. The molecule has 0 bridgehead atoms. The molecule has 0 aliphatic heterocycles. The predicted octanol–water partition coefficient (Wildman–Crippen LogP) is 2.73. The van der Waals surface area contributed by atoms with E-state index in [-0.39, 0.29) is 11.5 Å². The molecule has 0 atom stereocenters. The van der Waals surface area contributed by atoms with Crippen molar-refractivity contribution in [3.63, 3.8) is 0 Å². The number of fused-ring (bicyclic) bond motifs is 2. The number of pyridine rings is 1. The number of nitrogens with zero attached hydrogens (tertiary/aromatic N) is 4. The summed E-state index contributed by atoms with van der Waals surface area (Å²) >= 11 is 0. The number of carbonyl (C=O) groups excluding carboxylic acids is 1. The Bertz CT molecular complexity index is 1280. The van der Waals surface area contributed by atoms with Crippen molar-refractivity contribution in [2.45, 2.75) is 32.9 Å². The van der Waals surface area contributed by atoms with E-state index in [0.29, 0.717) is 30.7 Å². The molecule has 160 valence electrons. The van der Waals surface area contributed by atoms with Crippen LogP contribution in [-0.2, 0) is 13.1 Å². The lowest BCUT2D eigenvalue weighted by atomic mass is 10.1. The van der Waals surface area contributed by atoms with Gasteiger partial charge in [0.2, 0.25) is 0 Å². The number of H-pyrrole nitrogens is 1. The summed E-state index contributed by atoms with van der Waals surface area (Å²) < 4.78 is 1.94. The molecule has 3 heterocycles. The van der Waals surface area contributed by atoms with Gasteiger partial charge in [-0.15, -0.1) is 0 Å². The molecule has 0 radical (unpaired) electrons. The number of amides is 1. The third kappa shape index (κ3) is 4.20.